The lowest BCUT2D eigenvalue weighted by atomic mass is 10.3. The zero-order valence-electron chi connectivity index (χ0n) is 9.93. The maximum absolute atomic E-state index is 13.2. The number of nitrogens with one attached hydrogen (secondary N) is 1. The van der Waals surface area contributed by atoms with Crippen LogP contribution in [0.5, 0.6) is 5.75 Å². The fraction of sp³-hybridized carbons (Fsp3) is 0.167. The van der Waals surface area contributed by atoms with Gasteiger partial charge in [0.15, 0.2) is 16.7 Å². The summed E-state index contributed by atoms with van der Waals surface area (Å²) in [4.78, 5) is 15.8. The van der Waals surface area contributed by atoms with Gasteiger partial charge < -0.3 is 15.8 Å². The molecular weight excluding hydrogens is 269 g/mol. The van der Waals surface area contributed by atoms with Crippen LogP contribution in [0.4, 0.5) is 9.52 Å². The molecule has 0 bridgehead atoms. The van der Waals surface area contributed by atoms with Crippen LogP contribution < -0.4 is 15.8 Å². The summed E-state index contributed by atoms with van der Waals surface area (Å²) in [6.07, 6.45) is 1.41. The number of para-hydroxylation sites is 1. The number of nitrogens with two attached hydrogens (primary N) is 1. The molecule has 0 fully saturated rings. The van der Waals surface area contributed by atoms with E-state index in [1.807, 2.05) is 0 Å². The molecule has 0 unspecified atom stereocenters. The second-order valence-electron chi connectivity index (χ2n) is 3.60. The van der Waals surface area contributed by atoms with Crippen molar-refractivity contribution in [3.05, 3.63) is 41.2 Å². The molecule has 1 heterocycles. The Morgan fingerprint density at radius 2 is 2.26 bits per heavy atom. The summed E-state index contributed by atoms with van der Waals surface area (Å²) in [5, 5.41) is 2.97. The number of nitrogen functional groups attached to an aromatic ring is 1. The number of carbonyl (C=O) groups excluding carboxylic acids is 1. The van der Waals surface area contributed by atoms with Gasteiger partial charge in [-0.05, 0) is 12.1 Å². The normalized spacial score (nSPS) is 10.2. The molecule has 1 aromatic carbocycles. The van der Waals surface area contributed by atoms with Crippen molar-refractivity contribution < 1.29 is 13.9 Å². The van der Waals surface area contributed by atoms with E-state index in [2.05, 4.69) is 10.3 Å². The summed E-state index contributed by atoms with van der Waals surface area (Å²) in [6, 6.07) is 6.10. The predicted molar refractivity (Wildman–Crippen MR) is 70.8 cm³/mol. The van der Waals surface area contributed by atoms with Gasteiger partial charge in [-0.25, -0.2) is 9.37 Å². The van der Waals surface area contributed by atoms with E-state index in [1.54, 1.807) is 12.1 Å². The first-order valence-electron chi connectivity index (χ1n) is 5.53. The van der Waals surface area contributed by atoms with Gasteiger partial charge in [0.05, 0.1) is 12.7 Å². The quantitative estimate of drug-likeness (QED) is 0.817. The van der Waals surface area contributed by atoms with Crippen molar-refractivity contribution in [2.75, 3.05) is 18.9 Å². The summed E-state index contributed by atoms with van der Waals surface area (Å²) in [5.41, 5.74) is 5.42. The minimum Gasteiger partial charge on any atom is -0.489 e. The van der Waals surface area contributed by atoms with E-state index >= 15 is 0 Å². The number of hydrogen-bond acceptors (Lipinski definition) is 5. The molecule has 1 aromatic heterocycles. The number of benzene rings is 1. The van der Waals surface area contributed by atoms with Crippen LogP contribution in [0, 0.1) is 5.82 Å². The molecule has 1 amide bonds. The van der Waals surface area contributed by atoms with E-state index in [0.717, 1.165) is 11.3 Å². The molecule has 0 aliphatic rings. The van der Waals surface area contributed by atoms with Crippen molar-refractivity contribution in [2.24, 2.45) is 0 Å². The molecule has 5 nitrogen and oxygen atoms in total. The second kappa shape index (κ2) is 6.14. The number of anilines is 1. The maximum atomic E-state index is 13.2. The summed E-state index contributed by atoms with van der Waals surface area (Å²) in [7, 11) is 0. The highest BCUT2D eigenvalue weighted by molar-refractivity contribution is 7.17. The molecule has 100 valence electrons. The summed E-state index contributed by atoms with van der Waals surface area (Å²) in [6.45, 7) is 0.450. The Hall–Kier alpha value is -2.15. The number of halogens is 1. The largest absolute Gasteiger partial charge is 0.489 e. The smallest absolute Gasteiger partial charge is 0.263 e. The van der Waals surface area contributed by atoms with Crippen LogP contribution in [0.15, 0.2) is 30.5 Å². The van der Waals surface area contributed by atoms with Crippen molar-refractivity contribution in [3.8, 4) is 5.75 Å². The minimum atomic E-state index is -0.427. The Balaban J connectivity index is 1.75. The fourth-order valence-corrected chi connectivity index (χ4v) is 1.97. The molecule has 2 rings (SSSR count). The van der Waals surface area contributed by atoms with Crippen LogP contribution in [0.25, 0.3) is 0 Å². The van der Waals surface area contributed by atoms with Crippen LogP contribution >= 0.6 is 11.3 Å². The Kier molecular flexibility index (Phi) is 4.30. The number of nitrogens with zero attached hydrogens (tertiary/aromatic N) is 1. The van der Waals surface area contributed by atoms with Gasteiger partial charge in [-0.3, -0.25) is 4.79 Å². The van der Waals surface area contributed by atoms with Crippen LogP contribution in [-0.2, 0) is 0 Å². The lowest BCUT2D eigenvalue weighted by Crippen LogP contribution is -2.27. The first kappa shape index (κ1) is 13.3. The Bertz CT molecular complexity index is 574. The third-order valence-corrected chi connectivity index (χ3v) is 3.05. The Morgan fingerprint density at radius 1 is 1.47 bits per heavy atom. The number of amides is 1. The number of aromatic nitrogens is 1. The highest BCUT2D eigenvalue weighted by Gasteiger charge is 2.08. The SMILES string of the molecule is Nc1ncc(C(=O)NCCOc2ccccc2F)s1. The first-order chi connectivity index (χ1) is 9.16. The van der Waals surface area contributed by atoms with Crippen molar-refractivity contribution in [3.63, 3.8) is 0 Å². The zero-order chi connectivity index (χ0) is 13.7. The van der Waals surface area contributed by atoms with E-state index in [4.69, 9.17) is 10.5 Å². The number of hydrogen-bond donors (Lipinski definition) is 2. The summed E-state index contributed by atoms with van der Waals surface area (Å²) in [5.74, 6) is -0.533. The van der Waals surface area contributed by atoms with Gasteiger partial charge >= 0.3 is 0 Å². The zero-order valence-corrected chi connectivity index (χ0v) is 10.7. The van der Waals surface area contributed by atoms with E-state index < -0.39 is 5.82 Å². The molecule has 0 aliphatic carbocycles. The Morgan fingerprint density at radius 3 is 2.95 bits per heavy atom. The lowest BCUT2D eigenvalue weighted by Gasteiger charge is -2.07. The van der Waals surface area contributed by atoms with E-state index in [1.165, 1.54) is 18.3 Å². The predicted octanol–water partition coefficient (Wildman–Crippen LogP) is 1.67. The van der Waals surface area contributed by atoms with Crippen LogP contribution in [-0.4, -0.2) is 24.0 Å². The molecule has 7 heteroatoms. The van der Waals surface area contributed by atoms with E-state index in [-0.39, 0.29) is 24.8 Å². The van der Waals surface area contributed by atoms with E-state index in [9.17, 15) is 9.18 Å². The van der Waals surface area contributed by atoms with Crippen LogP contribution in [0.2, 0.25) is 0 Å². The number of carbonyl (C=O) groups is 1. The minimum absolute atomic E-state index is 0.166. The van der Waals surface area contributed by atoms with Crippen molar-refractivity contribution in [2.45, 2.75) is 0 Å². The number of rotatable bonds is 5. The molecule has 0 atom stereocenters. The standard InChI is InChI=1S/C12H12FN3O2S/c13-8-3-1-2-4-9(8)18-6-5-15-11(17)10-7-16-12(14)19-10/h1-4,7H,5-6H2,(H2,14,16)(H,15,17). The van der Waals surface area contributed by atoms with Crippen molar-refractivity contribution >= 4 is 22.4 Å². The lowest BCUT2D eigenvalue weighted by molar-refractivity contribution is 0.0950. The van der Waals surface area contributed by atoms with Gasteiger partial charge in [-0.2, -0.15) is 0 Å². The average molecular weight is 281 g/mol. The molecule has 0 spiro atoms. The van der Waals surface area contributed by atoms with Gasteiger partial charge in [-0.15, -0.1) is 0 Å². The third-order valence-electron chi connectivity index (χ3n) is 2.23. The van der Waals surface area contributed by atoms with Crippen molar-refractivity contribution in [1.82, 2.24) is 10.3 Å². The monoisotopic (exact) mass is 281 g/mol. The van der Waals surface area contributed by atoms with Gasteiger partial charge in [0.1, 0.15) is 11.5 Å². The van der Waals surface area contributed by atoms with Crippen LogP contribution in [0.1, 0.15) is 9.67 Å². The molecule has 0 aliphatic heterocycles. The van der Waals surface area contributed by atoms with Crippen molar-refractivity contribution in [1.29, 1.82) is 0 Å². The molecule has 0 radical (unpaired) electrons. The van der Waals surface area contributed by atoms with Gasteiger partial charge in [-0.1, -0.05) is 23.5 Å². The highest BCUT2D eigenvalue weighted by Crippen LogP contribution is 2.15. The maximum Gasteiger partial charge on any atom is 0.263 e. The third kappa shape index (κ3) is 3.65. The second-order valence-corrected chi connectivity index (χ2v) is 4.66. The molecule has 19 heavy (non-hydrogen) atoms. The van der Waals surface area contributed by atoms with Gasteiger partial charge in [0.2, 0.25) is 0 Å². The molecule has 0 saturated carbocycles. The first-order valence-corrected chi connectivity index (χ1v) is 6.35. The fourth-order valence-electron chi connectivity index (χ4n) is 1.37. The molecule has 0 saturated heterocycles. The van der Waals surface area contributed by atoms with Crippen LogP contribution in [0.3, 0.4) is 0 Å². The van der Waals surface area contributed by atoms with Gasteiger partial charge in [0.25, 0.3) is 5.91 Å². The summed E-state index contributed by atoms with van der Waals surface area (Å²) < 4.78 is 18.4. The molecule has 3 N–H and O–H groups in total. The average Bonchev–Trinajstić information content (AvgIpc) is 2.83. The van der Waals surface area contributed by atoms with Gasteiger partial charge in [0, 0.05) is 0 Å². The Labute approximate surface area is 113 Å². The molecule has 2 aromatic rings. The highest BCUT2D eigenvalue weighted by atomic mass is 32.1. The number of ether oxygens (including phenoxy) is 1. The number of thiazole rings is 1. The topological polar surface area (TPSA) is 77.2 Å². The molecular formula is C12H12FN3O2S. The summed E-state index contributed by atoms with van der Waals surface area (Å²) >= 11 is 1.11. The van der Waals surface area contributed by atoms with E-state index in [0.29, 0.717) is 10.0 Å².